The summed E-state index contributed by atoms with van der Waals surface area (Å²) in [6, 6.07) is 6.64. The molecule has 0 aliphatic carbocycles. The number of nitro benzene ring substituents is 1. The first kappa shape index (κ1) is 11.6. The van der Waals surface area contributed by atoms with Crippen LogP contribution in [0.4, 0.5) is 11.4 Å². The van der Waals surface area contributed by atoms with E-state index in [4.69, 9.17) is 0 Å². The number of piperidine rings is 1. The smallest absolute Gasteiger partial charge is 0.271 e. The van der Waals surface area contributed by atoms with Crippen LogP contribution in [0.3, 0.4) is 0 Å². The number of anilines is 1. The molecule has 1 aliphatic rings. The lowest BCUT2D eigenvalue weighted by Crippen LogP contribution is -2.34. The van der Waals surface area contributed by atoms with Crippen LogP contribution in [-0.4, -0.2) is 24.3 Å². The van der Waals surface area contributed by atoms with Crippen molar-refractivity contribution in [2.45, 2.75) is 12.8 Å². The van der Waals surface area contributed by atoms with Gasteiger partial charge in [0.05, 0.1) is 4.92 Å². The molecular weight excluding hydrogens is 220 g/mol. The Labute approximate surface area is 99.2 Å². The highest BCUT2D eigenvalue weighted by molar-refractivity contribution is 5.57. The van der Waals surface area contributed by atoms with Crippen LogP contribution in [-0.2, 0) is 4.79 Å². The van der Waals surface area contributed by atoms with Crippen LogP contribution >= 0.6 is 0 Å². The molecule has 1 fully saturated rings. The van der Waals surface area contributed by atoms with E-state index in [1.165, 1.54) is 6.07 Å². The van der Waals surface area contributed by atoms with Gasteiger partial charge in [-0.15, -0.1) is 0 Å². The summed E-state index contributed by atoms with van der Waals surface area (Å²) >= 11 is 0. The van der Waals surface area contributed by atoms with E-state index in [-0.39, 0.29) is 16.5 Å². The number of nitrogens with zero attached hydrogens (tertiary/aromatic N) is 2. The van der Waals surface area contributed by atoms with E-state index >= 15 is 0 Å². The van der Waals surface area contributed by atoms with E-state index < -0.39 is 0 Å². The zero-order valence-electron chi connectivity index (χ0n) is 9.41. The molecule has 1 saturated heterocycles. The minimum atomic E-state index is -0.387. The number of carbonyl (C=O) groups excluding carboxylic acids is 1. The second-order valence-corrected chi connectivity index (χ2v) is 4.24. The molecule has 0 unspecified atom stereocenters. The van der Waals surface area contributed by atoms with Gasteiger partial charge in [-0.25, -0.2) is 0 Å². The number of non-ortho nitro benzene ring substituents is 1. The number of hydrogen-bond acceptors (Lipinski definition) is 4. The third kappa shape index (κ3) is 2.61. The SMILES string of the molecule is O=CC1CCN(c2cccc([N+](=O)[O-])c2)CC1. The Morgan fingerprint density at radius 2 is 2.06 bits per heavy atom. The van der Waals surface area contributed by atoms with Crippen LogP contribution < -0.4 is 4.90 Å². The maximum atomic E-state index is 10.7. The molecule has 0 bridgehead atoms. The average molecular weight is 234 g/mol. The number of aldehydes is 1. The summed E-state index contributed by atoms with van der Waals surface area (Å²) in [5.74, 6) is 0.143. The van der Waals surface area contributed by atoms with Gasteiger partial charge < -0.3 is 9.69 Å². The Kier molecular flexibility index (Phi) is 3.37. The number of carbonyl (C=O) groups is 1. The highest BCUT2D eigenvalue weighted by atomic mass is 16.6. The lowest BCUT2D eigenvalue weighted by Gasteiger charge is -2.31. The minimum Gasteiger partial charge on any atom is -0.371 e. The van der Waals surface area contributed by atoms with Crippen molar-refractivity contribution < 1.29 is 9.72 Å². The van der Waals surface area contributed by atoms with Gasteiger partial charge in [-0.2, -0.15) is 0 Å². The zero-order chi connectivity index (χ0) is 12.3. The van der Waals surface area contributed by atoms with E-state index in [1.807, 2.05) is 6.07 Å². The van der Waals surface area contributed by atoms with Crippen LogP contribution in [0.1, 0.15) is 12.8 Å². The summed E-state index contributed by atoms with van der Waals surface area (Å²) in [5.41, 5.74) is 0.976. The fraction of sp³-hybridized carbons (Fsp3) is 0.417. The maximum absolute atomic E-state index is 10.7. The zero-order valence-corrected chi connectivity index (χ0v) is 9.41. The lowest BCUT2D eigenvalue weighted by molar-refractivity contribution is -0.384. The predicted molar refractivity (Wildman–Crippen MR) is 64.1 cm³/mol. The number of hydrogen-bond donors (Lipinski definition) is 0. The first-order valence-corrected chi connectivity index (χ1v) is 5.65. The van der Waals surface area contributed by atoms with E-state index in [1.54, 1.807) is 12.1 Å². The molecule has 1 aliphatic heterocycles. The van der Waals surface area contributed by atoms with E-state index in [9.17, 15) is 14.9 Å². The fourth-order valence-corrected chi connectivity index (χ4v) is 2.10. The van der Waals surface area contributed by atoms with Crippen molar-refractivity contribution in [1.29, 1.82) is 0 Å². The van der Waals surface area contributed by atoms with Crippen molar-refractivity contribution in [1.82, 2.24) is 0 Å². The number of benzene rings is 1. The molecule has 1 heterocycles. The summed E-state index contributed by atoms with van der Waals surface area (Å²) in [6.45, 7) is 1.56. The summed E-state index contributed by atoms with van der Waals surface area (Å²) in [6.07, 6.45) is 2.66. The van der Waals surface area contributed by atoms with Gasteiger partial charge in [0.2, 0.25) is 0 Å². The standard InChI is InChI=1S/C12H14N2O3/c15-9-10-4-6-13(7-5-10)11-2-1-3-12(8-11)14(16)17/h1-3,8-10H,4-7H2. The Balaban J connectivity index is 2.10. The van der Waals surface area contributed by atoms with Gasteiger partial charge in [0.25, 0.3) is 5.69 Å². The molecule has 90 valence electrons. The van der Waals surface area contributed by atoms with Gasteiger partial charge >= 0.3 is 0 Å². The Morgan fingerprint density at radius 3 is 2.65 bits per heavy atom. The second kappa shape index (κ2) is 4.95. The summed E-state index contributed by atoms with van der Waals surface area (Å²) < 4.78 is 0. The number of rotatable bonds is 3. The number of nitro groups is 1. The molecule has 0 N–H and O–H groups in total. The predicted octanol–water partition coefficient (Wildman–Crippen LogP) is 2.01. The molecule has 1 aromatic rings. The second-order valence-electron chi connectivity index (χ2n) is 4.24. The third-order valence-corrected chi connectivity index (χ3v) is 3.14. The van der Waals surface area contributed by atoms with Gasteiger partial charge in [-0.1, -0.05) is 6.07 Å². The first-order valence-electron chi connectivity index (χ1n) is 5.65. The van der Waals surface area contributed by atoms with Crippen LogP contribution in [0, 0.1) is 16.0 Å². The molecule has 5 nitrogen and oxygen atoms in total. The van der Waals surface area contributed by atoms with Gasteiger partial charge in [0.15, 0.2) is 0 Å². The largest absolute Gasteiger partial charge is 0.371 e. The van der Waals surface area contributed by atoms with Gasteiger partial charge in [-0.3, -0.25) is 10.1 Å². The topological polar surface area (TPSA) is 63.5 Å². The molecular formula is C12H14N2O3. The first-order chi connectivity index (χ1) is 8.20. The molecule has 0 aromatic heterocycles. The highest BCUT2D eigenvalue weighted by Crippen LogP contribution is 2.25. The van der Waals surface area contributed by atoms with Crippen molar-refractivity contribution in [3.05, 3.63) is 34.4 Å². The summed E-state index contributed by atoms with van der Waals surface area (Å²) in [4.78, 5) is 23.0. The van der Waals surface area contributed by atoms with Gasteiger partial charge in [0, 0.05) is 36.8 Å². The lowest BCUT2D eigenvalue weighted by atomic mass is 9.98. The summed E-state index contributed by atoms with van der Waals surface area (Å²) in [7, 11) is 0. The summed E-state index contributed by atoms with van der Waals surface area (Å²) in [5, 5.41) is 10.7. The van der Waals surface area contributed by atoms with Crippen LogP contribution in [0.15, 0.2) is 24.3 Å². The van der Waals surface area contributed by atoms with Gasteiger partial charge in [0.1, 0.15) is 6.29 Å². The van der Waals surface area contributed by atoms with Crippen molar-refractivity contribution in [2.75, 3.05) is 18.0 Å². The van der Waals surface area contributed by atoms with E-state index in [0.717, 1.165) is 37.9 Å². The molecule has 2 rings (SSSR count). The quantitative estimate of drug-likeness (QED) is 0.456. The van der Waals surface area contributed by atoms with Crippen molar-refractivity contribution in [3.63, 3.8) is 0 Å². The minimum absolute atomic E-state index is 0.111. The van der Waals surface area contributed by atoms with Crippen LogP contribution in [0.25, 0.3) is 0 Å². The van der Waals surface area contributed by atoms with E-state index in [0.29, 0.717) is 0 Å². The Hall–Kier alpha value is -1.91. The van der Waals surface area contributed by atoms with Crippen LogP contribution in [0.2, 0.25) is 0 Å². The van der Waals surface area contributed by atoms with Crippen molar-refractivity contribution >= 4 is 17.7 Å². The van der Waals surface area contributed by atoms with Crippen molar-refractivity contribution in [2.24, 2.45) is 5.92 Å². The highest BCUT2D eigenvalue weighted by Gasteiger charge is 2.19. The molecule has 0 radical (unpaired) electrons. The van der Waals surface area contributed by atoms with Crippen molar-refractivity contribution in [3.8, 4) is 0 Å². The monoisotopic (exact) mass is 234 g/mol. The molecule has 0 spiro atoms. The molecule has 0 atom stereocenters. The molecule has 17 heavy (non-hydrogen) atoms. The molecule has 0 amide bonds. The molecule has 5 heteroatoms. The molecule has 0 saturated carbocycles. The third-order valence-electron chi connectivity index (χ3n) is 3.14. The van der Waals surface area contributed by atoms with E-state index in [2.05, 4.69) is 4.90 Å². The Morgan fingerprint density at radius 1 is 1.35 bits per heavy atom. The molecule has 1 aromatic carbocycles. The Bertz CT molecular complexity index is 426. The fourth-order valence-electron chi connectivity index (χ4n) is 2.10. The van der Waals surface area contributed by atoms with Gasteiger partial charge in [-0.05, 0) is 18.9 Å². The average Bonchev–Trinajstić information content (AvgIpc) is 2.39. The maximum Gasteiger partial charge on any atom is 0.271 e. The normalized spacial score (nSPS) is 16.8. The van der Waals surface area contributed by atoms with Crippen LogP contribution in [0.5, 0.6) is 0 Å².